The quantitative estimate of drug-likeness (QED) is 0.776. The van der Waals surface area contributed by atoms with Crippen molar-refractivity contribution in [2.45, 2.75) is 64.3 Å². The lowest BCUT2D eigenvalue weighted by Crippen LogP contribution is -2.43. The van der Waals surface area contributed by atoms with Crippen molar-refractivity contribution in [3.05, 3.63) is 35.9 Å². The van der Waals surface area contributed by atoms with E-state index in [1.54, 1.807) is 0 Å². The number of carbonyl (C=O) groups excluding carboxylic acids is 2. The van der Waals surface area contributed by atoms with E-state index in [1.165, 1.54) is 7.11 Å². The van der Waals surface area contributed by atoms with Gasteiger partial charge in [-0.3, -0.25) is 14.5 Å². The van der Waals surface area contributed by atoms with Crippen molar-refractivity contribution < 1.29 is 19.1 Å². The van der Waals surface area contributed by atoms with Gasteiger partial charge in [0.1, 0.15) is 11.6 Å². The highest BCUT2D eigenvalue weighted by Gasteiger charge is 2.40. The fourth-order valence-electron chi connectivity index (χ4n) is 3.09. The molecular formula is C19H27NO4. The van der Waals surface area contributed by atoms with Crippen LogP contribution >= 0.6 is 0 Å². The summed E-state index contributed by atoms with van der Waals surface area (Å²) < 4.78 is 10.4. The van der Waals surface area contributed by atoms with Crippen LogP contribution < -0.4 is 0 Å². The monoisotopic (exact) mass is 333 g/mol. The second-order valence-corrected chi connectivity index (χ2v) is 7.22. The van der Waals surface area contributed by atoms with E-state index in [1.807, 2.05) is 51.1 Å². The van der Waals surface area contributed by atoms with Crippen molar-refractivity contribution in [3.63, 3.8) is 0 Å². The van der Waals surface area contributed by atoms with Gasteiger partial charge in [0.2, 0.25) is 0 Å². The first-order valence-electron chi connectivity index (χ1n) is 8.39. The highest BCUT2D eigenvalue weighted by atomic mass is 16.6. The van der Waals surface area contributed by atoms with Gasteiger partial charge in [0, 0.05) is 12.6 Å². The van der Waals surface area contributed by atoms with E-state index in [0.717, 1.165) is 12.0 Å². The van der Waals surface area contributed by atoms with Gasteiger partial charge in [0.05, 0.1) is 13.5 Å². The number of hydrogen-bond acceptors (Lipinski definition) is 5. The lowest BCUT2D eigenvalue weighted by molar-refractivity contribution is -0.161. The molecule has 1 saturated heterocycles. The first kappa shape index (κ1) is 18.5. The van der Waals surface area contributed by atoms with Crippen LogP contribution in [0.5, 0.6) is 0 Å². The Morgan fingerprint density at radius 3 is 2.42 bits per heavy atom. The molecule has 132 valence electrons. The molecule has 0 aliphatic carbocycles. The van der Waals surface area contributed by atoms with E-state index >= 15 is 0 Å². The van der Waals surface area contributed by atoms with Gasteiger partial charge >= 0.3 is 11.9 Å². The molecule has 0 amide bonds. The average Bonchev–Trinajstić information content (AvgIpc) is 2.89. The summed E-state index contributed by atoms with van der Waals surface area (Å²) in [4.78, 5) is 26.4. The Bertz CT molecular complexity index is 564. The molecule has 1 fully saturated rings. The largest absolute Gasteiger partial charge is 0.469 e. The predicted octanol–water partition coefficient (Wildman–Crippen LogP) is 2.92. The average molecular weight is 333 g/mol. The van der Waals surface area contributed by atoms with E-state index in [9.17, 15) is 9.59 Å². The Hall–Kier alpha value is -1.88. The molecule has 5 heteroatoms. The second kappa shape index (κ2) is 7.79. The molecule has 1 aliphatic rings. The van der Waals surface area contributed by atoms with Gasteiger partial charge in [-0.1, -0.05) is 30.3 Å². The van der Waals surface area contributed by atoms with E-state index in [0.29, 0.717) is 19.4 Å². The highest BCUT2D eigenvalue weighted by molar-refractivity contribution is 5.77. The van der Waals surface area contributed by atoms with Crippen LogP contribution in [0.3, 0.4) is 0 Å². The van der Waals surface area contributed by atoms with Crippen LogP contribution in [0.1, 0.15) is 45.6 Å². The molecule has 0 unspecified atom stereocenters. The highest BCUT2D eigenvalue weighted by Crippen LogP contribution is 2.30. The number of nitrogens with zero attached hydrogens (tertiary/aromatic N) is 1. The molecule has 0 aromatic heterocycles. The Kier molecular flexibility index (Phi) is 5.99. The van der Waals surface area contributed by atoms with Gasteiger partial charge < -0.3 is 9.47 Å². The lowest BCUT2D eigenvalue weighted by atomic mass is 10.1. The maximum Gasteiger partial charge on any atom is 0.323 e. The van der Waals surface area contributed by atoms with Gasteiger partial charge in [-0.2, -0.15) is 0 Å². The molecule has 5 nitrogen and oxygen atoms in total. The molecule has 0 spiro atoms. The van der Waals surface area contributed by atoms with Crippen molar-refractivity contribution in [2.75, 3.05) is 7.11 Å². The summed E-state index contributed by atoms with van der Waals surface area (Å²) >= 11 is 0. The van der Waals surface area contributed by atoms with Gasteiger partial charge in [-0.25, -0.2) is 0 Å². The molecule has 1 heterocycles. The first-order valence-corrected chi connectivity index (χ1v) is 8.39. The van der Waals surface area contributed by atoms with Gasteiger partial charge in [0.25, 0.3) is 0 Å². The SMILES string of the molecule is COC(=O)C[C@H]1CC[C@H](C(=O)OC(C)(C)C)N1Cc1ccccc1. The topological polar surface area (TPSA) is 55.8 Å². The summed E-state index contributed by atoms with van der Waals surface area (Å²) in [7, 11) is 1.39. The summed E-state index contributed by atoms with van der Waals surface area (Å²) in [5, 5.41) is 0. The Labute approximate surface area is 143 Å². The van der Waals surface area contributed by atoms with Crippen molar-refractivity contribution in [1.29, 1.82) is 0 Å². The molecule has 0 N–H and O–H groups in total. The summed E-state index contributed by atoms with van der Waals surface area (Å²) in [5.41, 5.74) is 0.596. The third kappa shape index (κ3) is 5.06. The third-order valence-electron chi connectivity index (χ3n) is 4.16. The van der Waals surface area contributed by atoms with Crippen LogP contribution in [0.15, 0.2) is 30.3 Å². The number of methoxy groups -OCH3 is 1. The lowest BCUT2D eigenvalue weighted by Gasteiger charge is -2.30. The molecule has 0 radical (unpaired) electrons. The van der Waals surface area contributed by atoms with Gasteiger partial charge in [-0.05, 0) is 39.2 Å². The van der Waals surface area contributed by atoms with Crippen LogP contribution in [0, 0.1) is 0 Å². The molecule has 1 aliphatic heterocycles. The first-order chi connectivity index (χ1) is 11.3. The molecule has 24 heavy (non-hydrogen) atoms. The van der Waals surface area contributed by atoms with Crippen LogP contribution in [-0.4, -0.2) is 41.6 Å². The van der Waals surface area contributed by atoms with E-state index in [4.69, 9.17) is 9.47 Å². The summed E-state index contributed by atoms with van der Waals surface area (Å²) in [5.74, 6) is -0.464. The predicted molar refractivity (Wildman–Crippen MR) is 91.3 cm³/mol. The molecule has 2 atom stereocenters. The van der Waals surface area contributed by atoms with E-state index < -0.39 is 5.60 Å². The standard InChI is InChI=1S/C19H27NO4/c1-19(2,3)24-18(22)16-11-10-15(12-17(21)23-4)20(16)13-14-8-6-5-7-9-14/h5-9,15-16H,10-13H2,1-4H3/t15-,16-/m1/s1. The number of carbonyl (C=O) groups is 2. The molecule has 1 aromatic rings. The zero-order valence-corrected chi connectivity index (χ0v) is 15.0. The maximum absolute atomic E-state index is 12.6. The van der Waals surface area contributed by atoms with Crippen molar-refractivity contribution in [1.82, 2.24) is 4.90 Å². The van der Waals surface area contributed by atoms with Gasteiger partial charge in [-0.15, -0.1) is 0 Å². The number of hydrogen-bond donors (Lipinski definition) is 0. The number of ether oxygens (including phenoxy) is 2. The fourth-order valence-corrected chi connectivity index (χ4v) is 3.09. The Balaban J connectivity index is 2.16. The smallest absolute Gasteiger partial charge is 0.323 e. The molecule has 0 bridgehead atoms. The maximum atomic E-state index is 12.6. The minimum absolute atomic E-state index is 0.00447. The summed E-state index contributed by atoms with van der Waals surface area (Å²) in [6, 6.07) is 9.64. The number of rotatable bonds is 5. The zero-order valence-electron chi connectivity index (χ0n) is 15.0. The number of esters is 2. The van der Waals surface area contributed by atoms with E-state index in [2.05, 4.69) is 4.90 Å². The summed E-state index contributed by atoms with van der Waals surface area (Å²) in [6.07, 6.45) is 1.78. The molecule has 0 saturated carbocycles. The van der Waals surface area contributed by atoms with E-state index in [-0.39, 0.29) is 24.0 Å². The second-order valence-electron chi connectivity index (χ2n) is 7.22. The van der Waals surface area contributed by atoms with Crippen molar-refractivity contribution in [3.8, 4) is 0 Å². The fraction of sp³-hybridized carbons (Fsp3) is 0.579. The summed E-state index contributed by atoms with van der Waals surface area (Å²) in [6.45, 7) is 6.22. The van der Waals surface area contributed by atoms with Crippen LogP contribution in [0.2, 0.25) is 0 Å². The zero-order chi connectivity index (χ0) is 17.7. The Morgan fingerprint density at radius 2 is 1.83 bits per heavy atom. The normalized spacial score (nSPS) is 21.5. The number of likely N-dealkylation sites (tertiary alicyclic amines) is 1. The van der Waals surface area contributed by atoms with Crippen LogP contribution in [-0.2, 0) is 25.6 Å². The molecular weight excluding hydrogens is 306 g/mol. The van der Waals surface area contributed by atoms with Crippen molar-refractivity contribution in [2.24, 2.45) is 0 Å². The molecule has 1 aromatic carbocycles. The Morgan fingerprint density at radius 1 is 1.17 bits per heavy atom. The number of benzene rings is 1. The van der Waals surface area contributed by atoms with Crippen LogP contribution in [0.4, 0.5) is 0 Å². The molecule has 2 rings (SSSR count). The third-order valence-corrected chi connectivity index (χ3v) is 4.16. The van der Waals surface area contributed by atoms with Crippen molar-refractivity contribution >= 4 is 11.9 Å². The van der Waals surface area contributed by atoms with Crippen LogP contribution in [0.25, 0.3) is 0 Å². The minimum Gasteiger partial charge on any atom is -0.469 e. The minimum atomic E-state index is -0.518. The van der Waals surface area contributed by atoms with Gasteiger partial charge in [0.15, 0.2) is 0 Å².